The van der Waals surface area contributed by atoms with E-state index in [1.165, 1.54) is 24.3 Å². The van der Waals surface area contributed by atoms with Gasteiger partial charge < -0.3 is 10.3 Å². The Morgan fingerprint density at radius 2 is 1.96 bits per heavy atom. The monoisotopic (exact) mass is 344 g/mol. The summed E-state index contributed by atoms with van der Waals surface area (Å²) < 4.78 is 60.1. The van der Waals surface area contributed by atoms with Gasteiger partial charge in [0.1, 0.15) is 11.5 Å². The van der Waals surface area contributed by atoms with Gasteiger partial charge >= 0.3 is 6.18 Å². The number of halogens is 3. The van der Waals surface area contributed by atoms with Crippen LogP contribution in [0.5, 0.6) is 0 Å². The van der Waals surface area contributed by atoms with E-state index in [1.54, 1.807) is 0 Å². The Hall–Kier alpha value is -2.33. The lowest BCUT2D eigenvalue weighted by atomic mass is 10.1. The van der Waals surface area contributed by atoms with Gasteiger partial charge in [-0.1, -0.05) is 12.1 Å². The third kappa shape index (κ3) is 4.33. The Kier molecular flexibility index (Phi) is 4.76. The minimum absolute atomic E-state index is 0.0867. The second-order valence-corrected chi connectivity index (χ2v) is 5.34. The van der Waals surface area contributed by atoms with E-state index in [1.807, 2.05) is 0 Å². The van der Waals surface area contributed by atoms with Gasteiger partial charge in [0.15, 0.2) is 0 Å². The molecule has 0 saturated carbocycles. The first-order chi connectivity index (χ1) is 10.7. The lowest BCUT2D eigenvalue weighted by Crippen LogP contribution is -2.13. The minimum atomic E-state index is -4.77. The average Bonchev–Trinajstić information content (AvgIpc) is 2.45. The molecule has 1 aromatic carbocycles. The maximum Gasteiger partial charge on any atom is 0.433 e. The Balaban J connectivity index is 2.59. The molecule has 2 N–H and O–H groups in total. The molecule has 1 aromatic heterocycles. The number of alkyl halides is 3. The highest BCUT2D eigenvalue weighted by Gasteiger charge is 2.33. The summed E-state index contributed by atoms with van der Waals surface area (Å²) in [6.45, 7) is 0. The van der Waals surface area contributed by atoms with Crippen molar-refractivity contribution >= 4 is 17.0 Å². The summed E-state index contributed by atoms with van der Waals surface area (Å²) in [6.07, 6.45) is -4.77. The number of benzene rings is 1. The summed E-state index contributed by atoms with van der Waals surface area (Å²) in [5.41, 5.74) is 3.97. The SMILES string of the molecule is NC(=O)c1cccc(-c2cc(C(F)(F)F)nc(CS(=O)[O-])n2)c1. The number of aromatic nitrogens is 2. The Bertz CT molecular complexity index is 781. The predicted octanol–water partition coefficient (Wildman–Crippen LogP) is 1.64. The van der Waals surface area contributed by atoms with Crippen molar-refractivity contribution in [2.45, 2.75) is 11.9 Å². The van der Waals surface area contributed by atoms with Crippen LogP contribution in [0.25, 0.3) is 11.3 Å². The number of nitrogens with zero attached hydrogens (tertiary/aromatic N) is 2. The van der Waals surface area contributed by atoms with Gasteiger partial charge in [0.25, 0.3) is 0 Å². The van der Waals surface area contributed by atoms with Gasteiger partial charge in [0, 0.05) is 11.1 Å². The third-order valence-electron chi connectivity index (χ3n) is 2.75. The van der Waals surface area contributed by atoms with Crippen LogP contribution in [0.2, 0.25) is 0 Å². The molecule has 1 atom stereocenters. The lowest BCUT2D eigenvalue weighted by molar-refractivity contribution is -0.141. The molecule has 2 rings (SSSR count). The molecule has 6 nitrogen and oxygen atoms in total. The van der Waals surface area contributed by atoms with E-state index >= 15 is 0 Å². The summed E-state index contributed by atoms with van der Waals surface area (Å²) in [6, 6.07) is 6.19. The van der Waals surface area contributed by atoms with Crippen molar-refractivity contribution in [3.05, 3.63) is 47.4 Å². The number of primary amides is 1. The molecule has 1 unspecified atom stereocenters. The number of hydrogen-bond donors (Lipinski definition) is 1. The predicted molar refractivity (Wildman–Crippen MR) is 73.6 cm³/mol. The van der Waals surface area contributed by atoms with Crippen molar-refractivity contribution in [3.63, 3.8) is 0 Å². The zero-order valence-electron chi connectivity index (χ0n) is 11.3. The standard InChI is InChI=1S/C13H10F3N3O3S/c14-13(15,16)10-5-9(18-11(19-10)6-23(21)22)7-2-1-3-8(4-7)12(17)20/h1-5H,6H2,(H2,17,20)(H,21,22)/p-1. The Morgan fingerprint density at radius 1 is 1.26 bits per heavy atom. The normalized spacial score (nSPS) is 12.9. The topological polar surface area (TPSA) is 109 Å². The summed E-state index contributed by atoms with van der Waals surface area (Å²) >= 11 is -2.64. The summed E-state index contributed by atoms with van der Waals surface area (Å²) in [5, 5.41) is 0. The van der Waals surface area contributed by atoms with Crippen LogP contribution < -0.4 is 5.73 Å². The Morgan fingerprint density at radius 3 is 2.52 bits per heavy atom. The van der Waals surface area contributed by atoms with Gasteiger partial charge in [-0.05, 0) is 29.3 Å². The van der Waals surface area contributed by atoms with E-state index in [4.69, 9.17) is 5.73 Å². The van der Waals surface area contributed by atoms with Crippen LogP contribution in [0.4, 0.5) is 13.2 Å². The van der Waals surface area contributed by atoms with E-state index in [-0.39, 0.29) is 16.8 Å². The van der Waals surface area contributed by atoms with Crippen LogP contribution in [0.3, 0.4) is 0 Å². The zero-order chi connectivity index (χ0) is 17.2. The largest absolute Gasteiger partial charge is 0.772 e. The number of carbonyl (C=O) groups excluding carboxylic acids is 1. The van der Waals surface area contributed by atoms with Gasteiger partial charge in [-0.25, -0.2) is 9.97 Å². The van der Waals surface area contributed by atoms with Crippen molar-refractivity contribution in [1.82, 2.24) is 9.97 Å². The molecule has 2 aromatic rings. The molecule has 0 aliphatic heterocycles. The fraction of sp³-hybridized carbons (Fsp3) is 0.154. The lowest BCUT2D eigenvalue weighted by Gasteiger charge is -2.12. The molecule has 0 aliphatic rings. The number of hydrogen-bond acceptors (Lipinski definition) is 5. The average molecular weight is 344 g/mol. The number of nitrogens with two attached hydrogens (primary N) is 1. The smallest absolute Gasteiger partial charge is 0.433 e. The van der Waals surface area contributed by atoms with Crippen molar-refractivity contribution in [3.8, 4) is 11.3 Å². The molecule has 1 amide bonds. The summed E-state index contributed by atoms with van der Waals surface area (Å²) in [7, 11) is 0. The van der Waals surface area contributed by atoms with Crippen LogP contribution in [-0.2, 0) is 23.0 Å². The fourth-order valence-corrected chi connectivity index (χ4v) is 2.13. The highest BCUT2D eigenvalue weighted by atomic mass is 32.2. The number of carbonyl (C=O) groups is 1. The van der Waals surface area contributed by atoms with Crippen LogP contribution in [0, 0.1) is 0 Å². The molecule has 122 valence electrons. The van der Waals surface area contributed by atoms with Gasteiger partial charge in [0.2, 0.25) is 5.91 Å². The van der Waals surface area contributed by atoms with Crippen molar-refractivity contribution in [1.29, 1.82) is 0 Å². The van der Waals surface area contributed by atoms with Crippen molar-refractivity contribution in [2.24, 2.45) is 5.73 Å². The van der Waals surface area contributed by atoms with E-state index in [9.17, 15) is 26.7 Å². The molecule has 0 bridgehead atoms. The maximum absolute atomic E-state index is 12.9. The molecule has 23 heavy (non-hydrogen) atoms. The quantitative estimate of drug-likeness (QED) is 0.848. The Labute approximate surface area is 130 Å². The number of rotatable bonds is 4. The summed E-state index contributed by atoms with van der Waals surface area (Å²) in [5.74, 6) is -2.00. The first-order valence-corrected chi connectivity index (χ1v) is 7.32. The molecule has 1 heterocycles. The molecular formula is C13H9F3N3O3S-. The minimum Gasteiger partial charge on any atom is -0.772 e. The summed E-state index contributed by atoms with van der Waals surface area (Å²) in [4.78, 5) is 18.2. The van der Waals surface area contributed by atoms with Crippen LogP contribution >= 0.6 is 0 Å². The second kappa shape index (κ2) is 6.42. The molecule has 0 aliphatic carbocycles. The maximum atomic E-state index is 12.9. The first-order valence-electron chi connectivity index (χ1n) is 6.08. The third-order valence-corrected chi connectivity index (χ3v) is 3.25. The van der Waals surface area contributed by atoms with Gasteiger partial charge in [-0.2, -0.15) is 13.2 Å². The van der Waals surface area contributed by atoms with Crippen LogP contribution in [0.1, 0.15) is 21.9 Å². The van der Waals surface area contributed by atoms with Crippen molar-refractivity contribution < 1.29 is 26.7 Å². The van der Waals surface area contributed by atoms with E-state index in [0.717, 1.165) is 0 Å². The molecule has 0 fully saturated rings. The first kappa shape index (κ1) is 17.0. The molecule has 0 radical (unpaired) electrons. The van der Waals surface area contributed by atoms with E-state index in [2.05, 4.69) is 9.97 Å². The molecule has 0 spiro atoms. The zero-order valence-corrected chi connectivity index (χ0v) is 12.1. The van der Waals surface area contributed by atoms with Gasteiger partial charge in [-0.3, -0.25) is 9.00 Å². The van der Waals surface area contributed by atoms with Gasteiger partial charge in [-0.15, -0.1) is 0 Å². The van der Waals surface area contributed by atoms with Gasteiger partial charge in [0.05, 0.1) is 11.4 Å². The fourth-order valence-electron chi connectivity index (χ4n) is 1.79. The highest BCUT2D eigenvalue weighted by Crippen LogP contribution is 2.30. The van der Waals surface area contributed by atoms with Crippen LogP contribution in [0.15, 0.2) is 30.3 Å². The highest BCUT2D eigenvalue weighted by molar-refractivity contribution is 7.78. The molecule has 10 heteroatoms. The number of amides is 1. The molecule has 0 saturated heterocycles. The molecular weight excluding hydrogens is 335 g/mol. The van der Waals surface area contributed by atoms with Crippen molar-refractivity contribution in [2.75, 3.05) is 0 Å². The van der Waals surface area contributed by atoms with E-state index in [0.29, 0.717) is 6.07 Å². The second-order valence-electron chi connectivity index (χ2n) is 4.45. The van der Waals surface area contributed by atoms with Crippen LogP contribution in [-0.4, -0.2) is 24.6 Å². The van der Waals surface area contributed by atoms with E-state index < -0.39 is 40.4 Å².